The highest BCUT2D eigenvalue weighted by atomic mass is 31.1. The maximum absolute atomic E-state index is 12.4. The van der Waals surface area contributed by atoms with Gasteiger partial charge in [0.25, 0.3) is 0 Å². The van der Waals surface area contributed by atoms with Gasteiger partial charge in [0, 0.05) is 5.39 Å². The van der Waals surface area contributed by atoms with Gasteiger partial charge in [-0.3, -0.25) is 0 Å². The number of hydrogen-bond donors (Lipinski definition) is 0. The Morgan fingerprint density at radius 3 is 2.28 bits per heavy atom. The molecule has 3 aromatic rings. The molecule has 0 saturated carbocycles. The van der Waals surface area contributed by atoms with E-state index in [1.807, 2.05) is 69.3 Å². The molecule has 0 amide bonds. The Balaban J connectivity index is 1.80. The molecule has 0 aliphatic rings. The second kappa shape index (κ2) is 7.12. The van der Waals surface area contributed by atoms with Crippen molar-refractivity contribution in [3.8, 4) is 5.75 Å². The zero-order chi connectivity index (χ0) is 18.0. The molecule has 0 heterocycles. The van der Waals surface area contributed by atoms with Crippen LogP contribution in [0.15, 0.2) is 54.6 Å². The van der Waals surface area contributed by atoms with Crippen molar-refractivity contribution in [2.75, 3.05) is 0 Å². The lowest BCUT2D eigenvalue weighted by Crippen LogP contribution is -2.07. The summed E-state index contributed by atoms with van der Waals surface area (Å²) in [6.45, 7) is 5.63. The van der Waals surface area contributed by atoms with Gasteiger partial charge in [0.15, 0.2) is 0 Å². The summed E-state index contributed by atoms with van der Waals surface area (Å²) in [6, 6.07) is 16.8. The third-order valence-electron chi connectivity index (χ3n) is 4.00. The van der Waals surface area contributed by atoms with Crippen LogP contribution >= 0.6 is 8.25 Å². The van der Waals surface area contributed by atoms with E-state index in [9.17, 15) is 9.36 Å². The lowest BCUT2D eigenvalue weighted by Gasteiger charge is -2.12. The van der Waals surface area contributed by atoms with Gasteiger partial charge in [-0.2, -0.15) is 0 Å². The summed E-state index contributed by atoms with van der Waals surface area (Å²) in [6.07, 6.45) is 0. The normalized spacial score (nSPS) is 12.0. The van der Waals surface area contributed by atoms with E-state index in [0.29, 0.717) is 11.3 Å². The molecular formula is C20H19O4P. The third-order valence-corrected chi connectivity index (χ3v) is 4.74. The second-order valence-corrected chi connectivity index (χ2v) is 6.90. The smallest absolute Gasteiger partial charge is 0.417 e. The van der Waals surface area contributed by atoms with Crippen molar-refractivity contribution in [2.45, 2.75) is 20.8 Å². The standard InChI is InChI=1S/C20H19O4P/c1-13-11-14(2)19(15(3)12-13)20(21)24-25(22)23-18-10-6-8-16-7-4-5-9-17(16)18/h4-12,25H,1-3H3. The van der Waals surface area contributed by atoms with Crippen molar-refractivity contribution in [1.82, 2.24) is 0 Å². The number of fused-ring (bicyclic) bond motifs is 1. The van der Waals surface area contributed by atoms with Gasteiger partial charge in [0.1, 0.15) is 5.75 Å². The molecule has 1 atom stereocenters. The Bertz CT molecular complexity index is 950. The average molecular weight is 354 g/mol. The van der Waals surface area contributed by atoms with Crippen molar-refractivity contribution in [1.29, 1.82) is 0 Å². The van der Waals surface area contributed by atoms with Crippen LogP contribution in [0.2, 0.25) is 0 Å². The maximum atomic E-state index is 12.4. The molecule has 4 nitrogen and oxygen atoms in total. The van der Waals surface area contributed by atoms with Crippen molar-refractivity contribution in [2.24, 2.45) is 0 Å². The van der Waals surface area contributed by atoms with Crippen LogP contribution in [-0.4, -0.2) is 5.97 Å². The van der Waals surface area contributed by atoms with E-state index in [1.54, 1.807) is 6.07 Å². The Kier molecular flexibility index (Phi) is 4.91. The lowest BCUT2D eigenvalue weighted by atomic mass is 10.0. The zero-order valence-electron chi connectivity index (χ0n) is 14.3. The van der Waals surface area contributed by atoms with E-state index in [-0.39, 0.29) is 0 Å². The van der Waals surface area contributed by atoms with Crippen LogP contribution in [0.25, 0.3) is 10.8 Å². The average Bonchev–Trinajstić information content (AvgIpc) is 2.54. The molecule has 0 fully saturated rings. The Labute approximate surface area is 147 Å². The first-order valence-electron chi connectivity index (χ1n) is 7.95. The molecule has 25 heavy (non-hydrogen) atoms. The van der Waals surface area contributed by atoms with Gasteiger partial charge in [-0.15, -0.1) is 0 Å². The lowest BCUT2D eigenvalue weighted by molar-refractivity contribution is 0.0731. The fraction of sp³-hybridized carbons (Fsp3) is 0.150. The molecule has 0 spiro atoms. The van der Waals surface area contributed by atoms with Crippen LogP contribution in [-0.2, 0) is 9.09 Å². The van der Waals surface area contributed by atoms with Crippen LogP contribution in [0.1, 0.15) is 27.0 Å². The van der Waals surface area contributed by atoms with Crippen LogP contribution in [0.4, 0.5) is 0 Å². The molecule has 0 N–H and O–H groups in total. The number of aryl methyl sites for hydroxylation is 3. The van der Waals surface area contributed by atoms with E-state index in [0.717, 1.165) is 27.5 Å². The summed E-state index contributed by atoms with van der Waals surface area (Å²) < 4.78 is 22.8. The molecular weight excluding hydrogens is 335 g/mol. The first kappa shape index (κ1) is 17.2. The first-order chi connectivity index (χ1) is 12.0. The van der Waals surface area contributed by atoms with Crippen LogP contribution in [0.3, 0.4) is 0 Å². The van der Waals surface area contributed by atoms with Gasteiger partial charge in [0.2, 0.25) is 0 Å². The molecule has 0 bridgehead atoms. The molecule has 128 valence electrons. The summed E-state index contributed by atoms with van der Waals surface area (Å²) >= 11 is 0. The molecule has 1 unspecified atom stereocenters. The molecule has 0 radical (unpaired) electrons. The van der Waals surface area contributed by atoms with Crippen molar-refractivity contribution < 1.29 is 18.4 Å². The van der Waals surface area contributed by atoms with Crippen LogP contribution in [0.5, 0.6) is 5.75 Å². The SMILES string of the molecule is Cc1cc(C)c(C(=O)O[PH](=O)Oc2cccc3ccccc23)c(C)c1. The Morgan fingerprint density at radius 1 is 0.920 bits per heavy atom. The minimum Gasteiger partial charge on any atom is -0.417 e. The fourth-order valence-electron chi connectivity index (χ4n) is 3.02. The number of carbonyl (C=O) groups is 1. The van der Waals surface area contributed by atoms with Gasteiger partial charge in [-0.25, -0.2) is 9.36 Å². The topological polar surface area (TPSA) is 52.6 Å². The fourth-order valence-corrected chi connectivity index (χ4v) is 3.68. The largest absolute Gasteiger partial charge is 0.421 e. The van der Waals surface area contributed by atoms with E-state index in [4.69, 9.17) is 9.05 Å². The molecule has 0 saturated heterocycles. The quantitative estimate of drug-likeness (QED) is 0.590. The zero-order valence-corrected chi connectivity index (χ0v) is 15.3. The summed E-state index contributed by atoms with van der Waals surface area (Å²) in [5, 5.41) is 1.79. The Morgan fingerprint density at radius 2 is 1.56 bits per heavy atom. The van der Waals surface area contributed by atoms with Gasteiger partial charge in [-0.05, 0) is 43.4 Å². The van der Waals surface area contributed by atoms with E-state index in [2.05, 4.69) is 0 Å². The molecule has 5 heteroatoms. The third kappa shape index (κ3) is 3.75. The van der Waals surface area contributed by atoms with Crippen molar-refractivity contribution >= 4 is 25.0 Å². The van der Waals surface area contributed by atoms with E-state index >= 15 is 0 Å². The second-order valence-electron chi connectivity index (χ2n) is 5.99. The van der Waals surface area contributed by atoms with Crippen molar-refractivity contribution in [3.05, 3.63) is 76.9 Å². The highest BCUT2D eigenvalue weighted by Crippen LogP contribution is 2.34. The van der Waals surface area contributed by atoms with Crippen LogP contribution in [0, 0.1) is 20.8 Å². The first-order valence-corrected chi connectivity index (χ1v) is 9.18. The molecule has 3 aromatic carbocycles. The number of hydrogen-bond acceptors (Lipinski definition) is 4. The van der Waals surface area contributed by atoms with E-state index < -0.39 is 14.2 Å². The predicted octanol–water partition coefficient (Wildman–Crippen LogP) is 5.39. The van der Waals surface area contributed by atoms with Crippen molar-refractivity contribution in [3.63, 3.8) is 0 Å². The monoisotopic (exact) mass is 354 g/mol. The molecule has 0 aliphatic heterocycles. The number of rotatable bonds is 4. The van der Waals surface area contributed by atoms with Gasteiger partial charge >= 0.3 is 14.2 Å². The highest BCUT2D eigenvalue weighted by Gasteiger charge is 2.18. The number of carbonyl (C=O) groups excluding carboxylic acids is 1. The molecule has 3 rings (SSSR count). The van der Waals surface area contributed by atoms with Gasteiger partial charge in [-0.1, -0.05) is 54.1 Å². The predicted molar refractivity (Wildman–Crippen MR) is 99.6 cm³/mol. The summed E-state index contributed by atoms with van der Waals surface area (Å²) in [5.41, 5.74) is 3.08. The highest BCUT2D eigenvalue weighted by molar-refractivity contribution is 7.34. The Hall–Kier alpha value is -2.58. The van der Waals surface area contributed by atoms with Gasteiger partial charge in [0.05, 0.1) is 5.56 Å². The van der Waals surface area contributed by atoms with Crippen LogP contribution < -0.4 is 4.52 Å². The molecule has 0 aromatic heterocycles. The molecule has 0 aliphatic carbocycles. The number of benzene rings is 3. The van der Waals surface area contributed by atoms with E-state index in [1.165, 1.54) is 0 Å². The minimum absolute atomic E-state index is 0.436. The summed E-state index contributed by atoms with van der Waals surface area (Å²) in [4.78, 5) is 12.4. The maximum Gasteiger partial charge on any atom is 0.421 e. The minimum atomic E-state index is -3.02. The summed E-state index contributed by atoms with van der Waals surface area (Å²) in [7, 11) is -3.02. The van der Waals surface area contributed by atoms with Gasteiger partial charge < -0.3 is 9.05 Å². The summed E-state index contributed by atoms with van der Waals surface area (Å²) in [5.74, 6) is -0.189.